The molecule has 12 heteroatoms. The van der Waals surface area contributed by atoms with Gasteiger partial charge in [-0.1, -0.05) is 12.1 Å². The van der Waals surface area contributed by atoms with Gasteiger partial charge in [-0.05, 0) is 56.2 Å². The van der Waals surface area contributed by atoms with Crippen LogP contribution in [0.4, 0.5) is 8.78 Å². The molecule has 0 radical (unpaired) electrons. The van der Waals surface area contributed by atoms with Crippen molar-refractivity contribution >= 4 is 24.5 Å². The second kappa shape index (κ2) is 10.1. The molecule has 1 aliphatic carbocycles. The molecule has 0 N–H and O–H groups in total. The maximum Gasteiger partial charge on any atom is 0.387 e. The molecule has 0 saturated carbocycles. The summed E-state index contributed by atoms with van der Waals surface area (Å²) in [6.45, 7) is 0.904. The molecule has 40 heavy (non-hydrogen) atoms. The summed E-state index contributed by atoms with van der Waals surface area (Å²) >= 11 is 0. The molecular formula is C28H27F2N4O5P. The van der Waals surface area contributed by atoms with Gasteiger partial charge in [-0.2, -0.15) is 13.9 Å². The number of amides is 1. The smallest absolute Gasteiger partial charge is 0.387 e. The van der Waals surface area contributed by atoms with Crippen molar-refractivity contribution in [1.82, 2.24) is 19.5 Å². The van der Waals surface area contributed by atoms with Crippen LogP contribution in [0.3, 0.4) is 0 Å². The number of carbonyl (C=O) groups excluding carboxylic acids is 1. The molecule has 6 rings (SSSR count). The summed E-state index contributed by atoms with van der Waals surface area (Å²) in [6.07, 6.45) is 3.94. The van der Waals surface area contributed by atoms with Crippen LogP contribution in [-0.4, -0.2) is 52.3 Å². The summed E-state index contributed by atoms with van der Waals surface area (Å²) in [5, 5.41) is 4.80. The fraction of sp³-hybridized carbons (Fsp3) is 0.321. The Bertz CT molecular complexity index is 1650. The van der Waals surface area contributed by atoms with Gasteiger partial charge in [0, 0.05) is 47.6 Å². The van der Waals surface area contributed by atoms with E-state index in [1.807, 2.05) is 18.3 Å². The zero-order chi connectivity index (χ0) is 28.2. The number of fused-ring (bicyclic) bond motifs is 9. The molecule has 0 spiro atoms. The quantitative estimate of drug-likeness (QED) is 0.257. The number of pyridine rings is 2. The summed E-state index contributed by atoms with van der Waals surface area (Å²) in [4.78, 5) is 19.3. The average Bonchev–Trinajstić information content (AvgIpc) is 3.46. The first-order valence-corrected chi connectivity index (χ1v) is 14.5. The lowest BCUT2D eigenvalue weighted by molar-refractivity contribution is -0.0505. The molecule has 9 nitrogen and oxygen atoms in total. The van der Waals surface area contributed by atoms with E-state index in [1.54, 1.807) is 60.8 Å². The van der Waals surface area contributed by atoms with Crippen molar-refractivity contribution in [2.75, 3.05) is 20.3 Å². The lowest BCUT2D eigenvalue weighted by Gasteiger charge is -2.23. The first-order valence-electron chi connectivity index (χ1n) is 13.0. The van der Waals surface area contributed by atoms with Crippen molar-refractivity contribution in [3.8, 4) is 16.9 Å². The number of aromatic nitrogens is 3. The van der Waals surface area contributed by atoms with E-state index >= 15 is 0 Å². The molecule has 1 aliphatic heterocycles. The summed E-state index contributed by atoms with van der Waals surface area (Å²) in [7, 11) is -1.81. The summed E-state index contributed by atoms with van der Waals surface area (Å²) in [5.41, 5.74) is 5.03. The van der Waals surface area contributed by atoms with E-state index in [2.05, 4.69) is 4.98 Å². The molecule has 0 saturated heterocycles. The number of rotatable bonds is 8. The van der Waals surface area contributed by atoms with Crippen molar-refractivity contribution in [3.05, 3.63) is 77.2 Å². The van der Waals surface area contributed by atoms with Gasteiger partial charge in [0.1, 0.15) is 5.75 Å². The number of hydrogen-bond donors (Lipinski definition) is 0. The zero-order valence-electron chi connectivity index (χ0n) is 22.1. The standard InChI is InChI=1S/C28H27F2N4O5P/c1-4-37-40(36,38-5-2)23-10-9-17(15-31-23)16-11-12-34-20(13-16)25-19-14-21(26(25)32-34)33(3)27(35)18-7-6-8-22(24(18)19)39-28(29)30/h6-13,15,19,21,28H,4-5,14H2,1-3H3. The molecule has 208 valence electrons. The first-order chi connectivity index (χ1) is 19.3. The van der Waals surface area contributed by atoms with Crippen LogP contribution in [0.1, 0.15) is 59.4 Å². The molecule has 1 amide bonds. The number of halogens is 2. The van der Waals surface area contributed by atoms with Gasteiger partial charge >= 0.3 is 14.2 Å². The highest BCUT2D eigenvalue weighted by atomic mass is 31.2. The average molecular weight is 569 g/mol. The molecule has 2 unspecified atom stereocenters. The Morgan fingerprint density at radius 2 is 1.85 bits per heavy atom. The highest BCUT2D eigenvalue weighted by Gasteiger charge is 2.46. The third-order valence-corrected chi connectivity index (χ3v) is 9.46. The number of benzene rings is 1. The maximum atomic E-state index is 13.4. The Kier molecular flexibility index (Phi) is 6.68. The molecule has 4 heterocycles. The normalized spacial score (nSPS) is 18.2. The van der Waals surface area contributed by atoms with E-state index in [0.29, 0.717) is 17.5 Å². The first kappa shape index (κ1) is 26.6. The van der Waals surface area contributed by atoms with Crippen molar-refractivity contribution in [2.24, 2.45) is 0 Å². The third kappa shape index (κ3) is 4.20. The predicted octanol–water partition coefficient (Wildman–Crippen LogP) is 5.55. The molecule has 2 atom stereocenters. The van der Waals surface area contributed by atoms with E-state index in [1.165, 1.54) is 6.07 Å². The van der Waals surface area contributed by atoms with Crippen LogP contribution in [0.15, 0.2) is 54.9 Å². The van der Waals surface area contributed by atoms with E-state index < -0.39 is 14.2 Å². The molecular weight excluding hydrogens is 541 g/mol. The second-order valence-corrected chi connectivity index (χ2v) is 11.6. The predicted molar refractivity (Wildman–Crippen MR) is 143 cm³/mol. The highest BCUT2D eigenvalue weighted by Crippen LogP contribution is 2.53. The molecule has 2 aliphatic rings. The van der Waals surface area contributed by atoms with Gasteiger partial charge in [0.25, 0.3) is 5.91 Å². The SMILES string of the molecule is CCOP(=O)(OCC)c1ccc(-c2ccn3nc4c(c3c2)C2CC4N(C)C(=O)c3cccc(OC(F)F)c32)cn1. The minimum absolute atomic E-state index is 0.00364. The lowest BCUT2D eigenvalue weighted by Crippen LogP contribution is -2.30. The Morgan fingerprint density at radius 1 is 1.07 bits per heavy atom. The maximum absolute atomic E-state index is 13.4. The molecule has 3 aromatic heterocycles. The van der Waals surface area contributed by atoms with Crippen molar-refractivity contribution in [2.45, 2.75) is 38.8 Å². The fourth-order valence-corrected chi connectivity index (χ4v) is 7.25. The lowest BCUT2D eigenvalue weighted by atomic mass is 9.88. The number of ether oxygens (including phenoxy) is 1. The number of alkyl halides is 2. The van der Waals surface area contributed by atoms with Crippen molar-refractivity contribution < 1.29 is 31.9 Å². The topological polar surface area (TPSA) is 95.3 Å². The van der Waals surface area contributed by atoms with Gasteiger partial charge in [0.2, 0.25) is 0 Å². The van der Waals surface area contributed by atoms with Crippen LogP contribution in [0, 0.1) is 0 Å². The Hall–Kier alpha value is -3.66. The monoisotopic (exact) mass is 568 g/mol. The minimum Gasteiger partial charge on any atom is -0.434 e. The zero-order valence-corrected chi connectivity index (χ0v) is 23.0. The molecule has 2 bridgehead atoms. The van der Waals surface area contributed by atoms with Crippen LogP contribution in [-0.2, 0) is 13.6 Å². The largest absolute Gasteiger partial charge is 0.434 e. The van der Waals surface area contributed by atoms with Crippen molar-refractivity contribution in [1.29, 1.82) is 0 Å². The van der Waals surface area contributed by atoms with Crippen LogP contribution >= 0.6 is 7.60 Å². The highest BCUT2D eigenvalue weighted by molar-refractivity contribution is 7.61. The Labute approximate surface area is 229 Å². The van der Waals surface area contributed by atoms with E-state index in [9.17, 15) is 18.1 Å². The number of nitrogens with zero attached hydrogens (tertiary/aromatic N) is 4. The number of carbonyl (C=O) groups is 1. The van der Waals surface area contributed by atoms with Gasteiger partial charge in [0.15, 0.2) is 5.44 Å². The van der Waals surface area contributed by atoms with E-state index in [4.69, 9.17) is 18.9 Å². The van der Waals surface area contributed by atoms with E-state index in [-0.39, 0.29) is 42.3 Å². The second-order valence-electron chi connectivity index (χ2n) is 9.60. The molecule has 1 aromatic carbocycles. The van der Waals surface area contributed by atoms with Gasteiger partial charge < -0.3 is 18.7 Å². The summed E-state index contributed by atoms with van der Waals surface area (Å²) in [5.74, 6) is -0.625. The molecule has 0 fully saturated rings. The van der Waals surface area contributed by atoms with Gasteiger partial charge in [0.05, 0.1) is 30.5 Å². The van der Waals surface area contributed by atoms with Gasteiger partial charge in [-0.25, -0.2) is 9.50 Å². The van der Waals surface area contributed by atoms with Crippen LogP contribution in [0.2, 0.25) is 0 Å². The molecule has 4 aromatic rings. The van der Waals surface area contributed by atoms with Crippen molar-refractivity contribution in [3.63, 3.8) is 0 Å². The number of hydrogen-bond acceptors (Lipinski definition) is 7. The van der Waals surface area contributed by atoms with Gasteiger partial charge in [-0.15, -0.1) is 0 Å². The van der Waals surface area contributed by atoms with E-state index in [0.717, 1.165) is 27.9 Å². The summed E-state index contributed by atoms with van der Waals surface area (Å²) in [6, 6.07) is 11.7. The third-order valence-electron chi connectivity index (χ3n) is 7.43. The van der Waals surface area contributed by atoms with Gasteiger partial charge in [-0.3, -0.25) is 9.36 Å². The summed E-state index contributed by atoms with van der Waals surface area (Å²) < 4.78 is 57.2. The Balaban J connectivity index is 1.46. The Morgan fingerprint density at radius 3 is 2.52 bits per heavy atom. The fourth-order valence-electron chi connectivity index (χ4n) is 5.77. The van der Waals surface area contributed by atoms with Crippen LogP contribution < -0.4 is 10.2 Å². The van der Waals surface area contributed by atoms with Crippen LogP contribution in [0.5, 0.6) is 5.75 Å². The van der Waals surface area contributed by atoms with Crippen LogP contribution in [0.25, 0.3) is 16.6 Å². The minimum atomic E-state index is -3.52.